The molecule has 1 aliphatic carbocycles. The van der Waals surface area contributed by atoms with Crippen LogP contribution in [0.1, 0.15) is 63.0 Å². The molecular formula is C16H21ClO2. The summed E-state index contributed by atoms with van der Waals surface area (Å²) in [6.45, 7) is 4.34. The Labute approximate surface area is 119 Å². The van der Waals surface area contributed by atoms with Crippen molar-refractivity contribution in [2.24, 2.45) is 0 Å². The Hall–Kier alpha value is -1.02. The van der Waals surface area contributed by atoms with E-state index in [0.717, 1.165) is 36.3 Å². The molecule has 0 radical (unpaired) electrons. The maximum Gasteiger partial charge on any atom is 0.304 e. The summed E-state index contributed by atoms with van der Waals surface area (Å²) in [5.74, 6) is -0.228. The number of aliphatic carboxylic acids is 1. The molecule has 0 amide bonds. The Morgan fingerprint density at radius 2 is 2.00 bits per heavy atom. The van der Waals surface area contributed by atoms with Gasteiger partial charge in [-0.3, -0.25) is 4.79 Å². The fraction of sp³-hybridized carbons (Fsp3) is 0.562. The van der Waals surface area contributed by atoms with Crippen LogP contribution in [0.5, 0.6) is 0 Å². The van der Waals surface area contributed by atoms with Gasteiger partial charge >= 0.3 is 5.97 Å². The molecular weight excluding hydrogens is 260 g/mol. The number of rotatable bonds is 6. The van der Waals surface area contributed by atoms with E-state index in [2.05, 4.69) is 26.0 Å². The summed E-state index contributed by atoms with van der Waals surface area (Å²) in [5, 5.41) is 9.80. The molecule has 1 N–H and O–H groups in total. The number of benzene rings is 1. The number of hydrogen-bond acceptors (Lipinski definition) is 1. The van der Waals surface area contributed by atoms with Crippen molar-refractivity contribution < 1.29 is 9.90 Å². The van der Waals surface area contributed by atoms with Crippen LogP contribution in [0.2, 0.25) is 5.02 Å². The summed E-state index contributed by atoms with van der Waals surface area (Å²) in [6.07, 6.45) is 4.29. The van der Waals surface area contributed by atoms with Crippen LogP contribution in [0.15, 0.2) is 18.2 Å². The van der Waals surface area contributed by atoms with E-state index in [1.54, 1.807) is 0 Å². The lowest BCUT2D eigenvalue weighted by Gasteiger charge is -2.18. The predicted molar refractivity (Wildman–Crippen MR) is 77.9 cm³/mol. The van der Waals surface area contributed by atoms with Crippen molar-refractivity contribution in [3.05, 3.63) is 34.3 Å². The van der Waals surface area contributed by atoms with Gasteiger partial charge in [0, 0.05) is 10.4 Å². The maximum atomic E-state index is 10.9. The number of halogens is 1. The molecule has 3 heteroatoms. The summed E-state index contributed by atoms with van der Waals surface area (Å²) in [6, 6.07) is 6.16. The summed E-state index contributed by atoms with van der Waals surface area (Å²) >= 11 is 6.40. The van der Waals surface area contributed by atoms with Gasteiger partial charge < -0.3 is 5.11 Å². The van der Waals surface area contributed by atoms with E-state index in [1.165, 1.54) is 5.56 Å². The molecule has 0 bridgehead atoms. The molecule has 2 rings (SSSR count). The van der Waals surface area contributed by atoms with Crippen molar-refractivity contribution in [3.63, 3.8) is 0 Å². The average molecular weight is 281 g/mol. The normalized spacial score (nSPS) is 16.6. The molecule has 0 heterocycles. The second kappa shape index (κ2) is 5.54. The van der Waals surface area contributed by atoms with Gasteiger partial charge in [0.1, 0.15) is 0 Å². The highest BCUT2D eigenvalue weighted by molar-refractivity contribution is 6.31. The highest BCUT2D eigenvalue weighted by Crippen LogP contribution is 2.51. The van der Waals surface area contributed by atoms with Crippen LogP contribution >= 0.6 is 11.6 Å². The highest BCUT2D eigenvalue weighted by atomic mass is 35.5. The lowest BCUT2D eigenvalue weighted by molar-refractivity contribution is -0.137. The molecule has 0 saturated heterocycles. The third kappa shape index (κ3) is 2.94. The number of carbonyl (C=O) groups is 1. The molecule has 1 aromatic carbocycles. The van der Waals surface area contributed by atoms with Crippen LogP contribution in [-0.4, -0.2) is 11.1 Å². The van der Waals surface area contributed by atoms with E-state index in [9.17, 15) is 4.79 Å². The Bertz CT molecular complexity index is 474. The van der Waals surface area contributed by atoms with Gasteiger partial charge in [-0.05, 0) is 48.8 Å². The van der Waals surface area contributed by atoms with E-state index in [-0.39, 0.29) is 11.8 Å². The fourth-order valence-corrected chi connectivity index (χ4v) is 3.26. The molecule has 1 fully saturated rings. The van der Waals surface area contributed by atoms with Gasteiger partial charge in [0.05, 0.1) is 6.42 Å². The largest absolute Gasteiger partial charge is 0.481 e. The minimum absolute atomic E-state index is 0.151. The first-order chi connectivity index (χ1) is 9.02. The minimum Gasteiger partial charge on any atom is -0.481 e. The molecule has 0 atom stereocenters. The lowest BCUT2D eigenvalue weighted by atomic mass is 9.88. The Balaban J connectivity index is 2.26. The van der Waals surface area contributed by atoms with E-state index >= 15 is 0 Å². The monoisotopic (exact) mass is 280 g/mol. The fourth-order valence-electron chi connectivity index (χ4n) is 2.92. The van der Waals surface area contributed by atoms with Gasteiger partial charge in [-0.2, -0.15) is 0 Å². The van der Waals surface area contributed by atoms with Crippen molar-refractivity contribution in [1.82, 2.24) is 0 Å². The number of carboxylic acid groups (broad SMARTS) is 1. The van der Waals surface area contributed by atoms with Gasteiger partial charge in [0.2, 0.25) is 0 Å². The molecule has 0 aliphatic heterocycles. The van der Waals surface area contributed by atoms with Crippen molar-refractivity contribution in [1.29, 1.82) is 0 Å². The van der Waals surface area contributed by atoms with Crippen LogP contribution in [0.3, 0.4) is 0 Å². The van der Waals surface area contributed by atoms with Gasteiger partial charge in [0.15, 0.2) is 0 Å². The maximum absolute atomic E-state index is 10.9. The first kappa shape index (κ1) is 14.4. The summed E-state index contributed by atoms with van der Waals surface area (Å²) in [5.41, 5.74) is 2.14. The van der Waals surface area contributed by atoms with Gasteiger partial charge in [-0.1, -0.05) is 37.6 Å². The van der Waals surface area contributed by atoms with E-state index in [1.807, 2.05) is 6.07 Å². The molecule has 1 saturated carbocycles. The van der Waals surface area contributed by atoms with Gasteiger partial charge in [-0.15, -0.1) is 0 Å². The second-order valence-electron chi connectivity index (χ2n) is 5.60. The van der Waals surface area contributed by atoms with Gasteiger partial charge in [-0.25, -0.2) is 0 Å². The molecule has 1 aromatic rings. The molecule has 104 valence electrons. The van der Waals surface area contributed by atoms with Crippen LogP contribution in [0, 0.1) is 0 Å². The van der Waals surface area contributed by atoms with E-state index < -0.39 is 5.97 Å². The smallest absolute Gasteiger partial charge is 0.304 e. The zero-order valence-electron chi connectivity index (χ0n) is 11.6. The third-order valence-electron chi connectivity index (χ3n) is 4.38. The molecule has 0 unspecified atom stereocenters. The molecule has 0 aromatic heterocycles. The Morgan fingerprint density at radius 1 is 1.37 bits per heavy atom. The standard InChI is InChI=1S/C16H21ClO2/c1-3-11(4-2)13-6-5-12(9-14(13)17)16(7-8-16)10-15(18)19/h5-6,9,11H,3-4,7-8,10H2,1-2H3,(H,18,19). The van der Waals surface area contributed by atoms with Crippen LogP contribution in [0.25, 0.3) is 0 Å². The second-order valence-corrected chi connectivity index (χ2v) is 6.01. The highest BCUT2D eigenvalue weighted by Gasteiger charge is 2.46. The number of hydrogen-bond donors (Lipinski definition) is 1. The topological polar surface area (TPSA) is 37.3 Å². The summed E-state index contributed by atoms with van der Waals surface area (Å²) in [7, 11) is 0. The van der Waals surface area contributed by atoms with Crippen LogP contribution in [0.4, 0.5) is 0 Å². The van der Waals surface area contributed by atoms with Crippen LogP contribution in [-0.2, 0) is 10.2 Å². The Kier molecular flexibility index (Phi) is 4.19. The lowest BCUT2D eigenvalue weighted by Crippen LogP contribution is -2.13. The van der Waals surface area contributed by atoms with Gasteiger partial charge in [0.25, 0.3) is 0 Å². The average Bonchev–Trinajstić information content (AvgIpc) is 3.12. The van der Waals surface area contributed by atoms with Crippen LogP contribution < -0.4 is 0 Å². The van der Waals surface area contributed by atoms with E-state index in [0.29, 0.717) is 5.92 Å². The number of carboxylic acids is 1. The quantitative estimate of drug-likeness (QED) is 0.816. The van der Waals surface area contributed by atoms with Crippen molar-refractivity contribution in [3.8, 4) is 0 Å². The molecule has 19 heavy (non-hydrogen) atoms. The summed E-state index contributed by atoms with van der Waals surface area (Å²) in [4.78, 5) is 10.9. The summed E-state index contributed by atoms with van der Waals surface area (Å²) < 4.78 is 0. The predicted octanol–water partition coefficient (Wildman–Crippen LogP) is 4.75. The van der Waals surface area contributed by atoms with Crippen molar-refractivity contribution in [2.45, 2.75) is 57.3 Å². The third-order valence-corrected chi connectivity index (χ3v) is 4.71. The van der Waals surface area contributed by atoms with E-state index in [4.69, 9.17) is 16.7 Å². The first-order valence-electron chi connectivity index (χ1n) is 7.04. The first-order valence-corrected chi connectivity index (χ1v) is 7.42. The SMILES string of the molecule is CCC(CC)c1ccc(C2(CC(=O)O)CC2)cc1Cl. The van der Waals surface area contributed by atoms with Crippen molar-refractivity contribution >= 4 is 17.6 Å². The zero-order valence-corrected chi connectivity index (χ0v) is 12.3. The zero-order chi connectivity index (χ0) is 14.0. The molecule has 1 aliphatic rings. The molecule has 0 spiro atoms. The minimum atomic E-state index is -0.724. The van der Waals surface area contributed by atoms with Crippen molar-refractivity contribution in [2.75, 3.05) is 0 Å². The molecule has 2 nitrogen and oxygen atoms in total. The Morgan fingerprint density at radius 3 is 2.42 bits per heavy atom.